The fourth-order valence-corrected chi connectivity index (χ4v) is 5.80. The lowest BCUT2D eigenvalue weighted by molar-refractivity contribution is 0.663. The van der Waals surface area contributed by atoms with E-state index in [1.807, 2.05) is 36.4 Å². The van der Waals surface area contributed by atoms with Gasteiger partial charge in [0, 0.05) is 33.1 Å². The molecule has 0 aliphatic rings. The number of hydrogen-bond acceptors (Lipinski definition) is 3. The van der Waals surface area contributed by atoms with Gasteiger partial charge in [-0.3, -0.25) is 0 Å². The Kier molecular flexibility index (Phi) is 4.82. The van der Waals surface area contributed by atoms with E-state index in [2.05, 4.69) is 108 Å². The average Bonchev–Trinajstić information content (AvgIpc) is 3.58. The second-order valence-electron chi connectivity index (χ2n) is 9.70. The Hall–Kier alpha value is -5.28. The van der Waals surface area contributed by atoms with Crippen LogP contribution in [0.4, 0.5) is 17.1 Å². The van der Waals surface area contributed by atoms with Gasteiger partial charge in [-0.1, -0.05) is 103 Å². The fraction of sp³-hybridized carbons (Fsp3) is 0. The number of anilines is 3. The van der Waals surface area contributed by atoms with Gasteiger partial charge in [0.1, 0.15) is 16.7 Å². The zero-order valence-corrected chi connectivity index (χ0v) is 21.0. The molecule has 6 aromatic carbocycles. The van der Waals surface area contributed by atoms with Crippen LogP contribution >= 0.6 is 0 Å². The number of benzene rings is 6. The molecule has 0 aliphatic carbocycles. The molecule has 0 fully saturated rings. The number of hydrogen-bond donors (Lipinski definition) is 0. The maximum Gasteiger partial charge on any atom is 0.163 e. The lowest BCUT2D eigenvalue weighted by atomic mass is 9.93. The van der Waals surface area contributed by atoms with Gasteiger partial charge < -0.3 is 13.7 Å². The van der Waals surface area contributed by atoms with Crippen LogP contribution in [0.1, 0.15) is 0 Å². The molecule has 0 N–H and O–H groups in total. The second kappa shape index (κ2) is 8.64. The summed E-state index contributed by atoms with van der Waals surface area (Å²) in [7, 11) is 0. The van der Waals surface area contributed by atoms with E-state index in [4.69, 9.17) is 8.83 Å². The third-order valence-electron chi connectivity index (χ3n) is 7.43. The van der Waals surface area contributed by atoms with Crippen LogP contribution in [0, 0.1) is 0 Å². The smallest absolute Gasteiger partial charge is 0.163 e. The van der Waals surface area contributed by atoms with Crippen molar-refractivity contribution in [2.75, 3.05) is 4.90 Å². The van der Waals surface area contributed by atoms with Crippen molar-refractivity contribution in [1.82, 2.24) is 0 Å². The summed E-state index contributed by atoms with van der Waals surface area (Å²) in [6, 6.07) is 48.1. The van der Waals surface area contributed by atoms with Crippen molar-refractivity contribution in [3.8, 4) is 11.1 Å². The molecule has 3 nitrogen and oxygen atoms in total. The molecule has 0 atom stereocenters. The normalized spacial score (nSPS) is 11.6. The molecule has 0 radical (unpaired) electrons. The lowest BCUT2D eigenvalue weighted by Crippen LogP contribution is -2.11. The largest absolute Gasteiger partial charge is 0.455 e. The summed E-state index contributed by atoms with van der Waals surface area (Å²) in [5.74, 6) is 0. The van der Waals surface area contributed by atoms with Crippen LogP contribution in [-0.4, -0.2) is 0 Å². The van der Waals surface area contributed by atoms with Crippen molar-refractivity contribution in [3.05, 3.63) is 140 Å². The Labute approximate surface area is 225 Å². The zero-order chi connectivity index (χ0) is 25.8. The molecule has 2 aromatic heterocycles. The maximum absolute atomic E-state index is 6.77. The van der Waals surface area contributed by atoms with Crippen LogP contribution in [0.25, 0.3) is 55.0 Å². The van der Waals surface area contributed by atoms with Crippen LogP contribution in [0.2, 0.25) is 0 Å². The third kappa shape index (κ3) is 3.30. The Balaban J connectivity index is 1.67. The van der Waals surface area contributed by atoms with E-state index < -0.39 is 0 Å². The molecule has 0 bridgehead atoms. The molecule has 0 amide bonds. The van der Waals surface area contributed by atoms with Crippen LogP contribution in [-0.2, 0) is 0 Å². The highest BCUT2D eigenvalue weighted by Crippen LogP contribution is 2.53. The Morgan fingerprint density at radius 3 is 1.46 bits per heavy atom. The molecule has 39 heavy (non-hydrogen) atoms. The van der Waals surface area contributed by atoms with Gasteiger partial charge in [-0.25, -0.2) is 0 Å². The molecular formula is C36H23NO2. The summed E-state index contributed by atoms with van der Waals surface area (Å²) < 4.78 is 13.4. The van der Waals surface area contributed by atoms with Crippen LogP contribution in [0.3, 0.4) is 0 Å². The van der Waals surface area contributed by atoms with Crippen molar-refractivity contribution in [2.24, 2.45) is 0 Å². The van der Waals surface area contributed by atoms with Crippen LogP contribution in [0.15, 0.2) is 148 Å². The van der Waals surface area contributed by atoms with Gasteiger partial charge in [-0.05, 0) is 42.0 Å². The Bertz CT molecular complexity index is 2070. The van der Waals surface area contributed by atoms with E-state index in [1.165, 1.54) is 0 Å². The van der Waals surface area contributed by atoms with E-state index in [0.717, 1.165) is 72.1 Å². The van der Waals surface area contributed by atoms with E-state index in [1.54, 1.807) is 0 Å². The van der Waals surface area contributed by atoms with E-state index >= 15 is 0 Å². The fourth-order valence-electron chi connectivity index (χ4n) is 5.80. The number of furan rings is 2. The van der Waals surface area contributed by atoms with Crippen LogP contribution < -0.4 is 4.90 Å². The van der Waals surface area contributed by atoms with Gasteiger partial charge in [-0.2, -0.15) is 0 Å². The Morgan fingerprint density at radius 1 is 0.410 bits per heavy atom. The number of para-hydroxylation sites is 4. The lowest BCUT2D eigenvalue weighted by Gasteiger charge is -2.28. The molecule has 0 aliphatic heterocycles. The van der Waals surface area contributed by atoms with Gasteiger partial charge in [0.15, 0.2) is 5.58 Å². The van der Waals surface area contributed by atoms with Gasteiger partial charge in [0.25, 0.3) is 0 Å². The maximum atomic E-state index is 6.77. The molecule has 8 aromatic rings. The van der Waals surface area contributed by atoms with Crippen molar-refractivity contribution < 1.29 is 8.83 Å². The predicted molar refractivity (Wildman–Crippen MR) is 161 cm³/mol. The van der Waals surface area contributed by atoms with Crippen molar-refractivity contribution in [1.29, 1.82) is 0 Å². The quantitative estimate of drug-likeness (QED) is 0.240. The molecule has 0 saturated carbocycles. The molecular weight excluding hydrogens is 478 g/mol. The summed E-state index contributed by atoms with van der Waals surface area (Å²) in [6.45, 7) is 0. The highest BCUT2D eigenvalue weighted by Gasteiger charge is 2.29. The third-order valence-corrected chi connectivity index (χ3v) is 7.43. The Morgan fingerprint density at radius 2 is 0.872 bits per heavy atom. The molecule has 0 unspecified atom stereocenters. The first-order chi connectivity index (χ1) is 19.4. The highest BCUT2D eigenvalue weighted by molar-refractivity contribution is 6.31. The van der Waals surface area contributed by atoms with Gasteiger partial charge in [-0.15, -0.1) is 0 Å². The van der Waals surface area contributed by atoms with Gasteiger partial charge >= 0.3 is 0 Å². The number of nitrogens with zero attached hydrogens (tertiary/aromatic N) is 1. The second-order valence-corrected chi connectivity index (χ2v) is 9.70. The minimum Gasteiger partial charge on any atom is -0.455 e. The average molecular weight is 502 g/mol. The summed E-state index contributed by atoms with van der Waals surface area (Å²) in [5, 5.41) is 4.20. The summed E-state index contributed by atoms with van der Waals surface area (Å²) in [6.07, 6.45) is 0. The molecule has 2 heterocycles. The van der Waals surface area contributed by atoms with Crippen LogP contribution in [0.5, 0.6) is 0 Å². The van der Waals surface area contributed by atoms with E-state index in [-0.39, 0.29) is 0 Å². The number of rotatable bonds is 4. The first-order valence-electron chi connectivity index (χ1n) is 13.1. The van der Waals surface area contributed by atoms with Gasteiger partial charge in [0.05, 0.1) is 11.1 Å². The zero-order valence-electron chi connectivity index (χ0n) is 21.0. The van der Waals surface area contributed by atoms with Crippen molar-refractivity contribution >= 4 is 60.9 Å². The standard InChI is InChI=1S/C36H23NO2/c1-4-14-24(15-5-1)31-32-27-20-10-12-22-29(27)38-35(32)33-28-21-11-13-23-30(28)39-36(33)34(31)37(25-16-6-2-7-17-25)26-18-8-3-9-19-26/h1-23H. The van der Waals surface area contributed by atoms with Crippen molar-refractivity contribution in [2.45, 2.75) is 0 Å². The molecule has 8 rings (SSSR count). The predicted octanol–water partition coefficient (Wildman–Crippen LogP) is 10.6. The minimum atomic E-state index is 0.800. The van der Waals surface area contributed by atoms with Gasteiger partial charge in [0.2, 0.25) is 0 Å². The topological polar surface area (TPSA) is 29.5 Å². The van der Waals surface area contributed by atoms with E-state index in [9.17, 15) is 0 Å². The summed E-state index contributed by atoms with van der Waals surface area (Å²) >= 11 is 0. The highest BCUT2D eigenvalue weighted by atomic mass is 16.3. The first-order valence-corrected chi connectivity index (χ1v) is 13.1. The van der Waals surface area contributed by atoms with E-state index in [0.29, 0.717) is 0 Å². The summed E-state index contributed by atoms with van der Waals surface area (Å²) in [4.78, 5) is 2.31. The molecule has 0 saturated heterocycles. The number of fused-ring (bicyclic) bond motifs is 7. The minimum absolute atomic E-state index is 0.800. The summed E-state index contributed by atoms with van der Waals surface area (Å²) in [5.41, 5.74) is 8.61. The molecule has 0 spiro atoms. The SMILES string of the molecule is c1ccc(-c2c(N(c3ccccc3)c3ccccc3)c3oc4ccccc4c3c3oc4ccccc4c23)cc1. The molecule has 3 heteroatoms. The first kappa shape index (κ1) is 21.8. The van der Waals surface area contributed by atoms with Crippen molar-refractivity contribution in [3.63, 3.8) is 0 Å². The monoisotopic (exact) mass is 501 g/mol. The molecule has 184 valence electrons.